The first kappa shape index (κ1) is 40.7. The highest BCUT2D eigenvalue weighted by molar-refractivity contribution is 6.05. The third-order valence-electron chi connectivity index (χ3n) is 12.2. The van der Waals surface area contributed by atoms with Crippen LogP contribution in [0.3, 0.4) is 0 Å². The topological polar surface area (TPSA) is 130 Å². The second kappa shape index (κ2) is 18.0. The summed E-state index contributed by atoms with van der Waals surface area (Å²) >= 11 is 0. The number of aromatic nitrogens is 1. The Balaban J connectivity index is 1.03. The van der Waals surface area contributed by atoms with Gasteiger partial charge in [0, 0.05) is 105 Å². The van der Waals surface area contributed by atoms with Crippen LogP contribution < -0.4 is 30.9 Å². The van der Waals surface area contributed by atoms with Crippen LogP contribution in [0.15, 0.2) is 71.5 Å². The molecule has 12 nitrogen and oxygen atoms in total. The third kappa shape index (κ3) is 9.13. The first-order valence-corrected chi connectivity index (χ1v) is 20.7. The maximum atomic E-state index is 14.0. The summed E-state index contributed by atoms with van der Waals surface area (Å²) in [5.74, 6) is -0.429. The van der Waals surface area contributed by atoms with Crippen LogP contribution in [0.25, 0.3) is 11.1 Å². The number of hydrogen-bond acceptors (Lipinski definition) is 8. The van der Waals surface area contributed by atoms with Gasteiger partial charge in [0.25, 0.3) is 11.5 Å². The lowest BCUT2D eigenvalue weighted by Gasteiger charge is -2.38. The normalized spacial score (nSPS) is 16.8. The van der Waals surface area contributed by atoms with Crippen molar-refractivity contribution in [3.63, 3.8) is 0 Å². The molecule has 306 valence electrons. The summed E-state index contributed by atoms with van der Waals surface area (Å²) in [5, 5.41) is 5.45. The Bertz CT molecular complexity index is 2170. The number of anilines is 3. The molecule has 0 radical (unpaired) electrons. The summed E-state index contributed by atoms with van der Waals surface area (Å²) < 4.78 is 5.70. The molecule has 3 aliphatic heterocycles. The van der Waals surface area contributed by atoms with E-state index in [1.165, 1.54) is 11.3 Å². The average Bonchev–Trinajstić information content (AvgIpc) is 3.22. The zero-order valence-electron chi connectivity index (χ0n) is 34.5. The van der Waals surface area contributed by atoms with Crippen molar-refractivity contribution in [3.8, 4) is 11.1 Å². The van der Waals surface area contributed by atoms with E-state index in [2.05, 4.69) is 86.8 Å². The number of rotatable bonds is 12. The SMILES string of the molecule is CCN(c1cc(-c2ccc(N3CCC(N(C)Cc4ccc(N5CCC(=O)NC5=O)cc4)CC3)cc2)cc(C(=O)NCc2c(C)cc(C)[nH]c2=O)c1C)C1CCOCC1. The van der Waals surface area contributed by atoms with Gasteiger partial charge in [-0.05, 0) is 131 Å². The number of carbonyl (C=O) groups excluding carboxylic acids is 3. The molecule has 3 fully saturated rings. The van der Waals surface area contributed by atoms with Gasteiger partial charge in [-0.1, -0.05) is 24.3 Å². The quantitative estimate of drug-likeness (QED) is 0.150. The van der Waals surface area contributed by atoms with Crippen molar-refractivity contribution >= 4 is 34.9 Å². The molecular weight excluding hydrogens is 731 g/mol. The third-order valence-corrected chi connectivity index (χ3v) is 12.2. The number of ether oxygens (including phenoxy) is 1. The van der Waals surface area contributed by atoms with Crippen LogP contribution in [0, 0.1) is 20.8 Å². The lowest BCUT2D eigenvalue weighted by Crippen LogP contribution is -2.49. The van der Waals surface area contributed by atoms with Crippen molar-refractivity contribution in [1.82, 2.24) is 20.5 Å². The van der Waals surface area contributed by atoms with Gasteiger partial charge in [-0.3, -0.25) is 29.5 Å². The Morgan fingerprint density at radius 2 is 1.53 bits per heavy atom. The van der Waals surface area contributed by atoms with Crippen LogP contribution in [0.1, 0.15) is 77.3 Å². The molecule has 58 heavy (non-hydrogen) atoms. The lowest BCUT2D eigenvalue weighted by molar-refractivity contribution is -0.120. The molecule has 1 aromatic heterocycles. The number of piperidine rings is 1. The molecule has 7 rings (SSSR count). The maximum absolute atomic E-state index is 14.0. The van der Waals surface area contributed by atoms with E-state index in [9.17, 15) is 19.2 Å². The van der Waals surface area contributed by atoms with Gasteiger partial charge in [0.1, 0.15) is 0 Å². The first-order valence-electron chi connectivity index (χ1n) is 20.7. The van der Waals surface area contributed by atoms with Crippen LogP contribution >= 0.6 is 0 Å². The van der Waals surface area contributed by atoms with Crippen molar-refractivity contribution in [3.05, 3.63) is 111 Å². The van der Waals surface area contributed by atoms with Gasteiger partial charge < -0.3 is 24.8 Å². The van der Waals surface area contributed by atoms with Crippen molar-refractivity contribution in [2.45, 2.75) is 85.0 Å². The molecule has 12 heteroatoms. The summed E-state index contributed by atoms with van der Waals surface area (Å²) in [7, 11) is 2.18. The molecule has 3 aliphatic rings. The highest BCUT2D eigenvalue weighted by atomic mass is 16.5. The summed E-state index contributed by atoms with van der Waals surface area (Å²) in [6, 6.07) is 23.3. The number of amides is 4. The molecule has 3 aromatic carbocycles. The van der Waals surface area contributed by atoms with Crippen LogP contribution in [-0.4, -0.2) is 86.3 Å². The number of aryl methyl sites for hydroxylation is 2. The van der Waals surface area contributed by atoms with E-state index < -0.39 is 0 Å². The van der Waals surface area contributed by atoms with E-state index in [1.807, 2.05) is 45.0 Å². The van der Waals surface area contributed by atoms with Crippen molar-refractivity contribution in [1.29, 1.82) is 0 Å². The molecule has 4 aromatic rings. The summed E-state index contributed by atoms with van der Waals surface area (Å²) in [4.78, 5) is 62.3. The highest BCUT2D eigenvalue weighted by Crippen LogP contribution is 2.35. The summed E-state index contributed by atoms with van der Waals surface area (Å²) in [5.41, 5.74) is 9.82. The molecule has 0 unspecified atom stereocenters. The van der Waals surface area contributed by atoms with Crippen LogP contribution in [-0.2, 0) is 22.6 Å². The second-order valence-electron chi connectivity index (χ2n) is 16.0. The predicted octanol–water partition coefficient (Wildman–Crippen LogP) is 6.45. The van der Waals surface area contributed by atoms with Crippen LogP contribution in [0.2, 0.25) is 0 Å². The predicted molar refractivity (Wildman–Crippen MR) is 230 cm³/mol. The van der Waals surface area contributed by atoms with Crippen molar-refractivity contribution < 1.29 is 19.1 Å². The molecule has 3 saturated heterocycles. The molecule has 0 aliphatic carbocycles. The zero-order valence-corrected chi connectivity index (χ0v) is 34.5. The lowest BCUT2D eigenvalue weighted by atomic mass is 9.95. The number of benzene rings is 3. The largest absolute Gasteiger partial charge is 0.381 e. The van der Waals surface area contributed by atoms with Crippen molar-refractivity contribution in [2.24, 2.45) is 0 Å². The number of carbonyl (C=O) groups is 3. The second-order valence-corrected chi connectivity index (χ2v) is 16.0. The van der Waals surface area contributed by atoms with Gasteiger partial charge in [-0.25, -0.2) is 4.79 Å². The number of nitrogens with zero attached hydrogens (tertiary/aromatic N) is 4. The standard InChI is InChI=1S/C46H57N7O5/c1-6-52(39-18-23-58-24-19-39)42-27-35(26-40(32(42)4)44(55)47-28-41-30(2)25-31(3)48-45(41)56)34-9-13-37(14-10-34)51-20-15-36(16-21-51)50(5)29-33-7-11-38(12-8-33)53-22-17-43(54)49-46(53)57/h7-14,25-27,36,39H,6,15-24,28-29H2,1-5H3,(H,47,55)(H,48,56)(H,49,54,57). The van der Waals surface area contributed by atoms with Gasteiger partial charge in [0.15, 0.2) is 0 Å². The number of aromatic amines is 1. The molecule has 4 amide bonds. The van der Waals surface area contributed by atoms with E-state index in [4.69, 9.17) is 4.74 Å². The smallest absolute Gasteiger partial charge is 0.328 e. The van der Waals surface area contributed by atoms with Crippen LogP contribution in [0.4, 0.5) is 21.9 Å². The fourth-order valence-electron chi connectivity index (χ4n) is 8.83. The number of H-pyrrole nitrogens is 1. The van der Waals surface area contributed by atoms with Gasteiger partial charge in [0.2, 0.25) is 5.91 Å². The molecule has 4 heterocycles. The van der Waals surface area contributed by atoms with Gasteiger partial charge in [-0.2, -0.15) is 0 Å². The number of imide groups is 1. The Labute approximate surface area is 341 Å². The summed E-state index contributed by atoms with van der Waals surface area (Å²) in [6.07, 6.45) is 4.28. The van der Waals surface area contributed by atoms with E-state index in [0.717, 1.165) is 104 Å². The molecule has 0 bridgehead atoms. The Morgan fingerprint density at radius 1 is 0.845 bits per heavy atom. The zero-order chi connectivity index (χ0) is 40.9. The Kier molecular flexibility index (Phi) is 12.6. The number of urea groups is 1. The van der Waals surface area contributed by atoms with E-state index in [0.29, 0.717) is 36.2 Å². The minimum absolute atomic E-state index is 0.149. The minimum Gasteiger partial charge on any atom is -0.381 e. The van der Waals surface area contributed by atoms with E-state index in [-0.39, 0.29) is 29.9 Å². The monoisotopic (exact) mass is 787 g/mol. The number of pyridine rings is 1. The molecule has 0 spiro atoms. The van der Waals surface area contributed by atoms with Gasteiger partial charge in [-0.15, -0.1) is 0 Å². The highest BCUT2D eigenvalue weighted by Gasteiger charge is 2.27. The van der Waals surface area contributed by atoms with E-state index >= 15 is 0 Å². The fourth-order valence-corrected chi connectivity index (χ4v) is 8.83. The van der Waals surface area contributed by atoms with Crippen molar-refractivity contribution in [2.75, 3.05) is 61.1 Å². The van der Waals surface area contributed by atoms with Gasteiger partial charge in [0.05, 0.1) is 0 Å². The van der Waals surface area contributed by atoms with E-state index in [1.54, 1.807) is 4.90 Å². The minimum atomic E-state index is -0.366. The maximum Gasteiger partial charge on any atom is 0.328 e. The average molecular weight is 788 g/mol. The first-order chi connectivity index (χ1) is 28.0. The fraction of sp³-hybridized carbons (Fsp3) is 0.435. The summed E-state index contributed by atoms with van der Waals surface area (Å²) in [6.45, 7) is 13.5. The number of hydrogen-bond donors (Lipinski definition) is 3. The molecule has 0 saturated carbocycles. The van der Waals surface area contributed by atoms with Gasteiger partial charge >= 0.3 is 6.03 Å². The Morgan fingerprint density at radius 3 is 2.19 bits per heavy atom. The molecule has 3 N–H and O–H groups in total. The molecular formula is C46H57N7O5. The van der Waals surface area contributed by atoms with Crippen LogP contribution in [0.5, 0.6) is 0 Å². The number of nitrogens with one attached hydrogen (secondary N) is 3. The molecule has 0 atom stereocenters. The Hall–Kier alpha value is -5.46.